The molecule has 25 heavy (non-hydrogen) atoms. The molecule has 6 nitrogen and oxygen atoms in total. The highest BCUT2D eigenvalue weighted by molar-refractivity contribution is 6.05. The minimum absolute atomic E-state index is 0.329. The molecule has 1 N–H and O–H groups in total. The molecule has 0 saturated heterocycles. The van der Waals surface area contributed by atoms with Crippen LogP contribution in [-0.2, 0) is 6.42 Å². The average Bonchev–Trinajstić information content (AvgIpc) is 3.03. The first-order chi connectivity index (χ1) is 12.0. The van der Waals surface area contributed by atoms with Crippen molar-refractivity contribution in [3.05, 3.63) is 58.9 Å². The summed E-state index contributed by atoms with van der Waals surface area (Å²) in [6.07, 6.45) is 0.614. The van der Waals surface area contributed by atoms with E-state index in [1.165, 1.54) is 24.3 Å². The van der Waals surface area contributed by atoms with Gasteiger partial charge in [0.05, 0.1) is 5.56 Å². The number of pyridine rings is 1. The van der Waals surface area contributed by atoms with E-state index in [9.17, 15) is 9.18 Å². The van der Waals surface area contributed by atoms with E-state index >= 15 is 0 Å². The Morgan fingerprint density at radius 1 is 1.20 bits per heavy atom. The van der Waals surface area contributed by atoms with Gasteiger partial charge in [-0.3, -0.25) is 4.79 Å². The molecular formula is C18H17FN4O2. The molecule has 0 radical (unpaired) electrons. The largest absolute Gasteiger partial charge is 0.339 e. The Morgan fingerprint density at radius 3 is 2.56 bits per heavy atom. The number of rotatable bonds is 4. The molecule has 2 heterocycles. The van der Waals surface area contributed by atoms with E-state index in [1.807, 2.05) is 26.8 Å². The minimum Gasteiger partial charge on any atom is -0.339 e. The molecule has 1 amide bonds. The van der Waals surface area contributed by atoms with Gasteiger partial charge in [0.1, 0.15) is 11.6 Å². The summed E-state index contributed by atoms with van der Waals surface area (Å²) in [6.45, 7) is 5.63. The summed E-state index contributed by atoms with van der Waals surface area (Å²) in [7, 11) is 0. The van der Waals surface area contributed by atoms with Crippen LogP contribution in [0.25, 0.3) is 11.4 Å². The van der Waals surface area contributed by atoms with Crippen LogP contribution < -0.4 is 5.32 Å². The van der Waals surface area contributed by atoms with Crippen LogP contribution >= 0.6 is 0 Å². The van der Waals surface area contributed by atoms with Crippen molar-refractivity contribution in [3.8, 4) is 11.4 Å². The number of aromatic nitrogens is 3. The number of amides is 1. The molecule has 0 aliphatic rings. The second-order valence-electron chi connectivity index (χ2n) is 5.63. The summed E-state index contributed by atoms with van der Waals surface area (Å²) in [6, 6.07) is 7.17. The number of hydrogen-bond donors (Lipinski definition) is 1. The second kappa shape index (κ2) is 6.80. The van der Waals surface area contributed by atoms with E-state index in [1.54, 1.807) is 0 Å². The zero-order chi connectivity index (χ0) is 18.0. The molecule has 0 unspecified atom stereocenters. The third-order valence-electron chi connectivity index (χ3n) is 3.68. The molecule has 3 rings (SSSR count). The number of halogens is 1. The van der Waals surface area contributed by atoms with E-state index in [0.717, 1.165) is 11.3 Å². The van der Waals surface area contributed by atoms with E-state index < -0.39 is 11.7 Å². The summed E-state index contributed by atoms with van der Waals surface area (Å²) in [5, 5.41) is 6.73. The standard InChI is InChI=1S/C18H17FN4O2/c1-4-14-21-17(23-25-14)15-10(2)9-11(3)20-16(15)22-18(24)12-5-7-13(19)8-6-12/h5-9H,4H2,1-3H3,(H,20,22,24). The van der Waals surface area contributed by atoms with Gasteiger partial charge in [0.15, 0.2) is 0 Å². The molecular weight excluding hydrogens is 323 g/mol. The van der Waals surface area contributed by atoms with E-state index in [-0.39, 0.29) is 0 Å². The Balaban J connectivity index is 2.00. The molecule has 0 aliphatic heterocycles. The number of nitrogens with zero attached hydrogens (tertiary/aromatic N) is 3. The van der Waals surface area contributed by atoms with Crippen molar-refractivity contribution in [2.75, 3.05) is 5.32 Å². The Morgan fingerprint density at radius 2 is 1.92 bits per heavy atom. The van der Waals surface area contributed by atoms with Crippen LogP contribution in [0, 0.1) is 19.7 Å². The lowest BCUT2D eigenvalue weighted by molar-refractivity contribution is 0.102. The first-order valence-corrected chi connectivity index (χ1v) is 7.86. The van der Waals surface area contributed by atoms with Crippen molar-refractivity contribution in [2.24, 2.45) is 0 Å². The van der Waals surface area contributed by atoms with Gasteiger partial charge < -0.3 is 9.84 Å². The molecule has 0 bridgehead atoms. The number of hydrogen-bond acceptors (Lipinski definition) is 5. The summed E-state index contributed by atoms with van der Waals surface area (Å²) in [5.74, 6) is 0.427. The maximum absolute atomic E-state index is 13.0. The van der Waals surface area contributed by atoms with Crippen LogP contribution in [0.15, 0.2) is 34.9 Å². The van der Waals surface area contributed by atoms with Gasteiger partial charge in [0.2, 0.25) is 11.7 Å². The van der Waals surface area contributed by atoms with Crippen molar-refractivity contribution in [1.82, 2.24) is 15.1 Å². The summed E-state index contributed by atoms with van der Waals surface area (Å²) in [5.41, 5.74) is 2.54. The highest BCUT2D eigenvalue weighted by Crippen LogP contribution is 2.29. The number of benzene rings is 1. The fourth-order valence-electron chi connectivity index (χ4n) is 2.49. The third kappa shape index (κ3) is 3.55. The lowest BCUT2D eigenvalue weighted by atomic mass is 10.1. The molecule has 0 fully saturated rings. The van der Waals surface area contributed by atoms with Gasteiger partial charge in [-0.2, -0.15) is 4.98 Å². The van der Waals surface area contributed by atoms with Crippen LogP contribution in [0.1, 0.15) is 34.4 Å². The van der Waals surface area contributed by atoms with Crippen LogP contribution in [0.2, 0.25) is 0 Å². The topological polar surface area (TPSA) is 80.9 Å². The van der Waals surface area contributed by atoms with Gasteiger partial charge >= 0.3 is 0 Å². The summed E-state index contributed by atoms with van der Waals surface area (Å²) in [4.78, 5) is 21.2. The van der Waals surface area contributed by atoms with Crippen molar-refractivity contribution in [1.29, 1.82) is 0 Å². The monoisotopic (exact) mass is 340 g/mol. The van der Waals surface area contributed by atoms with Crippen molar-refractivity contribution in [3.63, 3.8) is 0 Å². The molecule has 0 spiro atoms. The number of anilines is 1. The summed E-state index contributed by atoms with van der Waals surface area (Å²) >= 11 is 0. The highest BCUT2D eigenvalue weighted by atomic mass is 19.1. The van der Waals surface area contributed by atoms with Gasteiger partial charge in [-0.15, -0.1) is 0 Å². The quantitative estimate of drug-likeness (QED) is 0.783. The smallest absolute Gasteiger partial charge is 0.256 e. The molecule has 1 aromatic carbocycles. The summed E-state index contributed by atoms with van der Waals surface area (Å²) < 4.78 is 18.2. The zero-order valence-electron chi connectivity index (χ0n) is 14.1. The van der Waals surface area contributed by atoms with Crippen LogP contribution in [0.4, 0.5) is 10.2 Å². The Bertz CT molecular complexity index is 919. The fraction of sp³-hybridized carbons (Fsp3) is 0.222. The van der Waals surface area contributed by atoms with Gasteiger partial charge in [-0.05, 0) is 49.7 Å². The maximum Gasteiger partial charge on any atom is 0.256 e. The Kier molecular flexibility index (Phi) is 4.56. The molecule has 0 atom stereocenters. The number of nitrogens with one attached hydrogen (secondary N) is 1. The second-order valence-corrected chi connectivity index (χ2v) is 5.63. The molecule has 128 valence electrons. The van der Waals surface area contributed by atoms with Crippen molar-refractivity contribution < 1.29 is 13.7 Å². The molecule has 3 aromatic rings. The lowest BCUT2D eigenvalue weighted by Crippen LogP contribution is -2.15. The van der Waals surface area contributed by atoms with Crippen molar-refractivity contribution in [2.45, 2.75) is 27.2 Å². The van der Waals surface area contributed by atoms with Gasteiger partial charge in [-0.1, -0.05) is 12.1 Å². The fourth-order valence-corrected chi connectivity index (χ4v) is 2.49. The number of carbonyl (C=O) groups is 1. The van der Waals surface area contributed by atoms with Crippen molar-refractivity contribution >= 4 is 11.7 Å². The van der Waals surface area contributed by atoms with Crippen LogP contribution in [-0.4, -0.2) is 21.0 Å². The predicted octanol–water partition coefficient (Wildman–Crippen LogP) is 3.70. The molecule has 2 aromatic heterocycles. The van der Waals surface area contributed by atoms with E-state index in [0.29, 0.717) is 35.1 Å². The van der Waals surface area contributed by atoms with Gasteiger partial charge in [-0.25, -0.2) is 9.37 Å². The van der Waals surface area contributed by atoms with Gasteiger partial charge in [0.25, 0.3) is 5.91 Å². The molecule has 0 saturated carbocycles. The lowest BCUT2D eigenvalue weighted by Gasteiger charge is -2.11. The van der Waals surface area contributed by atoms with E-state index in [2.05, 4.69) is 20.4 Å². The SMILES string of the molecule is CCc1nc(-c2c(C)cc(C)nc2NC(=O)c2ccc(F)cc2)no1. The van der Waals surface area contributed by atoms with Crippen LogP contribution in [0.3, 0.4) is 0 Å². The average molecular weight is 340 g/mol. The van der Waals surface area contributed by atoms with Crippen LogP contribution in [0.5, 0.6) is 0 Å². The number of aryl methyl sites for hydroxylation is 3. The first-order valence-electron chi connectivity index (χ1n) is 7.86. The maximum atomic E-state index is 13.0. The normalized spacial score (nSPS) is 10.7. The first kappa shape index (κ1) is 16.8. The van der Waals surface area contributed by atoms with E-state index in [4.69, 9.17) is 4.52 Å². The molecule has 0 aliphatic carbocycles. The zero-order valence-corrected chi connectivity index (χ0v) is 14.1. The Hall–Kier alpha value is -3.09. The number of carbonyl (C=O) groups excluding carboxylic acids is 1. The highest BCUT2D eigenvalue weighted by Gasteiger charge is 2.19. The molecule has 7 heteroatoms. The van der Waals surface area contributed by atoms with Gasteiger partial charge in [0, 0.05) is 17.7 Å². The predicted molar refractivity (Wildman–Crippen MR) is 90.7 cm³/mol. The third-order valence-corrected chi connectivity index (χ3v) is 3.68. The minimum atomic E-state index is -0.402. The Labute approximate surface area is 144 Å².